The lowest BCUT2D eigenvalue weighted by atomic mass is 10.1. The van der Waals surface area contributed by atoms with E-state index in [0.29, 0.717) is 22.0 Å². The number of carbonyl (C=O) groups excluding carboxylic acids is 2. The van der Waals surface area contributed by atoms with Crippen molar-refractivity contribution in [3.63, 3.8) is 0 Å². The maximum atomic E-state index is 12.6. The summed E-state index contributed by atoms with van der Waals surface area (Å²) < 4.78 is 11.1. The number of hydrazone groups is 1. The summed E-state index contributed by atoms with van der Waals surface area (Å²) in [5.74, 6) is 0.819. The largest absolute Gasteiger partial charge is 0.495 e. The molecule has 4 aromatic rings. The van der Waals surface area contributed by atoms with Crippen molar-refractivity contribution in [3.8, 4) is 11.5 Å². The smallest absolute Gasteiger partial charge is 0.271 e. The van der Waals surface area contributed by atoms with E-state index in [1.165, 1.54) is 0 Å². The molecule has 0 saturated carbocycles. The zero-order valence-electron chi connectivity index (χ0n) is 24.4. The first-order valence-corrected chi connectivity index (χ1v) is 14.7. The third kappa shape index (κ3) is 8.37. The molecule has 2 amide bonds. The van der Waals surface area contributed by atoms with Crippen molar-refractivity contribution in [2.24, 2.45) is 5.10 Å². The number of nitrogens with one attached hydrogen (secondary N) is 2. The van der Waals surface area contributed by atoms with Crippen LogP contribution in [0.4, 0.5) is 11.4 Å². The van der Waals surface area contributed by atoms with Crippen molar-refractivity contribution in [1.82, 2.24) is 10.3 Å². The maximum Gasteiger partial charge on any atom is 0.271 e. The van der Waals surface area contributed by atoms with Gasteiger partial charge in [-0.1, -0.05) is 48.0 Å². The minimum absolute atomic E-state index is 0.159. The number of amides is 2. The molecule has 1 aliphatic heterocycles. The minimum atomic E-state index is -0.317. The van der Waals surface area contributed by atoms with Gasteiger partial charge >= 0.3 is 0 Å². The highest BCUT2D eigenvalue weighted by molar-refractivity contribution is 6.33. The molecule has 1 heterocycles. The zero-order chi connectivity index (χ0) is 30.7. The molecule has 10 heteroatoms. The first-order valence-electron chi connectivity index (χ1n) is 14.3. The summed E-state index contributed by atoms with van der Waals surface area (Å²) in [5.41, 5.74) is 6.68. The van der Waals surface area contributed by atoms with Crippen LogP contribution in [0.2, 0.25) is 5.02 Å². The van der Waals surface area contributed by atoms with Crippen LogP contribution in [-0.4, -0.2) is 62.8 Å². The van der Waals surface area contributed by atoms with Gasteiger partial charge in [-0.25, -0.2) is 5.43 Å². The average Bonchev–Trinajstić information content (AvgIpc) is 3.06. The number of nitrogens with zero attached hydrogens (tertiary/aromatic N) is 3. The van der Waals surface area contributed by atoms with Gasteiger partial charge in [-0.2, -0.15) is 5.10 Å². The van der Waals surface area contributed by atoms with Gasteiger partial charge in [0.25, 0.3) is 11.8 Å². The number of benzene rings is 4. The molecule has 226 valence electrons. The Hall–Kier alpha value is -4.86. The van der Waals surface area contributed by atoms with Gasteiger partial charge in [0.1, 0.15) is 11.5 Å². The average molecular weight is 612 g/mol. The molecule has 1 saturated heterocycles. The molecule has 0 aromatic heterocycles. The van der Waals surface area contributed by atoms with Crippen LogP contribution in [0.25, 0.3) is 0 Å². The minimum Gasteiger partial charge on any atom is -0.495 e. The van der Waals surface area contributed by atoms with E-state index >= 15 is 0 Å². The first-order chi connectivity index (χ1) is 21.5. The fraction of sp³-hybridized carbons (Fsp3) is 0.206. The Balaban J connectivity index is 1.03. The van der Waals surface area contributed by atoms with Crippen molar-refractivity contribution in [1.29, 1.82) is 0 Å². The van der Waals surface area contributed by atoms with Gasteiger partial charge in [-0.15, -0.1) is 0 Å². The van der Waals surface area contributed by atoms with Crippen LogP contribution >= 0.6 is 11.6 Å². The fourth-order valence-corrected chi connectivity index (χ4v) is 5.02. The highest BCUT2D eigenvalue weighted by atomic mass is 35.5. The van der Waals surface area contributed by atoms with Gasteiger partial charge in [0, 0.05) is 38.3 Å². The van der Waals surface area contributed by atoms with Gasteiger partial charge in [-0.3, -0.25) is 14.5 Å². The van der Waals surface area contributed by atoms with Crippen LogP contribution in [-0.2, 0) is 11.3 Å². The van der Waals surface area contributed by atoms with Gasteiger partial charge in [0.15, 0.2) is 6.61 Å². The van der Waals surface area contributed by atoms with Crippen molar-refractivity contribution >= 4 is 41.0 Å². The summed E-state index contributed by atoms with van der Waals surface area (Å²) in [4.78, 5) is 29.5. The van der Waals surface area contributed by atoms with E-state index in [4.69, 9.17) is 21.1 Å². The molecule has 0 atom stereocenters. The van der Waals surface area contributed by atoms with E-state index in [9.17, 15) is 9.59 Å². The van der Waals surface area contributed by atoms with E-state index in [-0.39, 0.29) is 18.4 Å². The van der Waals surface area contributed by atoms with Crippen molar-refractivity contribution < 1.29 is 19.1 Å². The van der Waals surface area contributed by atoms with Gasteiger partial charge in [0.2, 0.25) is 0 Å². The maximum absolute atomic E-state index is 12.6. The lowest BCUT2D eigenvalue weighted by Crippen LogP contribution is -2.46. The lowest BCUT2D eigenvalue weighted by molar-refractivity contribution is -0.118. The fourth-order valence-electron chi connectivity index (χ4n) is 4.84. The van der Waals surface area contributed by atoms with Crippen LogP contribution in [0.1, 0.15) is 21.5 Å². The quantitative estimate of drug-likeness (QED) is 0.173. The number of rotatable bonds is 11. The third-order valence-electron chi connectivity index (χ3n) is 7.20. The zero-order valence-corrected chi connectivity index (χ0v) is 25.2. The van der Waals surface area contributed by atoms with E-state index in [2.05, 4.69) is 31.7 Å². The normalized spacial score (nSPS) is 13.5. The topological polar surface area (TPSA) is 95.5 Å². The number of carbonyl (C=O) groups is 2. The Morgan fingerprint density at radius 3 is 2.32 bits per heavy atom. The van der Waals surface area contributed by atoms with E-state index in [1.54, 1.807) is 61.9 Å². The molecule has 1 aliphatic rings. The number of halogens is 1. The summed E-state index contributed by atoms with van der Waals surface area (Å²) in [6.07, 6.45) is 1.55. The summed E-state index contributed by atoms with van der Waals surface area (Å²) >= 11 is 6.06. The molecule has 0 radical (unpaired) electrons. The van der Waals surface area contributed by atoms with Crippen LogP contribution in [0.5, 0.6) is 11.5 Å². The number of anilines is 2. The Kier molecular flexibility index (Phi) is 10.5. The summed E-state index contributed by atoms with van der Waals surface area (Å²) in [5, 5.41) is 7.24. The Morgan fingerprint density at radius 2 is 1.59 bits per heavy atom. The van der Waals surface area contributed by atoms with Crippen molar-refractivity contribution in [2.75, 3.05) is 50.1 Å². The summed E-state index contributed by atoms with van der Waals surface area (Å²) in [7, 11) is 1.71. The number of hydrogen-bond donors (Lipinski definition) is 2. The number of piperazine rings is 1. The molecule has 1 fully saturated rings. The Bertz CT molecular complexity index is 1590. The molecule has 9 nitrogen and oxygen atoms in total. The SMILES string of the molecule is COc1ccccc1N1CCN(Cc2ccc(C(=O)N/N=C\c3ccc(OCC(=O)Nc4ccccc4Cl)cc3)cc2)CC1. The first kappa shape index (κ1) is 30.6. The highest BCUT2D eigenvalue weighted by Crippen LogP contribution is 2.28. The van der Waals surface area contributed by atoms with Gasteiger partial charge in [-0.05, 0) is 71.8 Å². The lowest BCUT2D eigenvalue weighted by Gasteiger charge is -2.36. The van der Waals surface area contributed by atoms with Gasteiger partial charge in [0.05, 0.1) is 29.7 Å². The predicted octanol–water partition coefficient (Wildman–Crippen LogP) is 5.45. The van der Waals surface area contributed by atoms with E-state index in [1.807, 2.05) is 42.5 Å². The Morgan fingerprint density at radius 1 is 0.886 bits per heavy atom. The van der Waals surface area contributed by atoms with Crippen molar-refractivity contribution in [2.45, 2.75) is 6.54 Å². The monoisotopic (exact) mass is 611 g/mol. The van der Waals surface area contributed by atoms with E-state index < -0.39 is 0 Å². The van der Waals surface area contributed by atoms with Crippen molar-refractivity contribution in [3.05, 3.63) is 119 Å². The van der Waals surface area contributed by atoms with Crippen LogP contribution in [0.15, 0.2) is 102 Å². The Labute approximate surface area is 262 Å². The molecule has 5 rings (SSSR count). The molecular weight excluding hydrogens is 578 g/mol. The number of ether oxygens (including phenoxy) is 2. The third-order valence-corrected chi connectivity index (χ3v) is 7.53. The van der Waals surface area contributed by atoms with Crippen LogP contribution in [0, 0.1) is 0 Å². The highest BCUT2D eigenvalue weighted by Gasteiger charge is 2.19. The molecule has 4 aromatic carbocycles. The number of methoxy groups -OCH3 is 1. The van der Waals surface area contributed by atoms with Gasteiger partial charge < -0.3 is 19.7 Å². The van der Waals surface area contributed by atoms with Crippen LogP contribution < -0.4 is 25.1 Å². The summed E-state index contributed by atoms with van der Waals surface area (Å²) in [6.45, 7) is 4.41. The van der Waals surface area contributed by atoms with Crippen LogP contribution in [0.3, 0.4) is 0 Å². The number of para-hydroxylation sites is 3. The summed E-state index contributed by atoms with van der Waals surface area (Å²) in [6, 6.07) is 29.7. The molecule has 2 N–H and O–H groups in total. The second kappa shape index (κ2) is 15.0. The molecule has 0 aliphatic carbocycles. The molecule has 44 heavy (non-hydrogen) atoms. The second-order valence-electron chi connectivity index (χ2n) is 10.2. The number of hydrogen-bond acceptors (Lipinski definition) is 7. The molecule has 0 unspecified atom stereocenters. The second-order valence-corrected chi connectivity index (χ2v) is 10.6. The molecule has 0 bridgehead atoms. The standard InChI is InChI=1S/C34H34ClN5O4/c1-43-32-9-5-4-8-31(32)40-20-18-39(19-21-40)23-26-10-14-27(15-11-26)34(42)38-36-22-25-12-16-28(17-13-25)44-24-33(41)37-30-7-3-2-6-29(30)35/h2-17,22H,18-21,23-24H2,1H3,(H,37,41)(H,38,42)/b36-22-. The predicted molar refractivity (Wildman–Crippen MR) is 174 cm³/mol. The van der Waals surface area contributed by atoms with E-state index in [0.717, 1.165) is 55.3 Å². The molecular formula is C34H34ClN5O4. The molecule has 0 spiro atoms.